The number of hydrogen-bond acceptors (Lipinski definition) is 5. The Morgan fingerprint density at radius 1 is 0.927 bits per heavy atom. The molecule has 1 aliphatic rings. The number of carbonyl (C=O) groups excluding carboxylic acids is 2. The third kappa shape index (κ3) is 8.25. The third-order valence-electron chi connectivity index (χ3n) is 7.44. The summed E-state index contributed by atoms with van der Waals surface area (Å²) in [6.45, 7) is 2.60. The molecule has 3 N–H and O–H groups in total. The highest BCUT2D eigenvalue weighted by Gasteiger charge is 2.22. The van der Waals surface area contributed by atoms with Crippen LogP contribution in [0.25, 0.3) is 11.3 Å². The van der Waals surface area contributed by atoms with Gasteiger partial charge in [0.25, 0.3) is 0 Å². The average Bonchev–Trinajstić information content (AvgIpc) is 3.49. The van der Waals surface area contributed by atoms with E-state index in [-0.39, 0.29) is 30.3 Å². The fourth-order valence-electron chi connectivity index (χ4n) is 5.25. The lowest BCUT2D eigenvalue weighted by atomic mass is 9.88. The summed E-state index contributed by atoms with van der Waals surface area (Å²) >= 11 is 1.40. The lowest BCUT2D eigenvalue weighted by Crippen LogP contribution is -2.46. The Kier molecular flexibility index (Phi) is 10.1. The van der Waals surface area contributed by atoms with Crippen LogP contribution in [0.15, 0.2) is 96.4 Å². The van der Waals surface area contributed by atoms with E-state index in [2.05, 4.69) is 45.2 Å². The molecule has 0 aliphatic carbocycles. The normalized spacial score (nSPS) is 14.9. The number of nitrogens with one attached hydrogen (secondary N) is 3. The highest BCUT2D eigenvalue weighted by atomic mass is 32.1. The minimum atomic E-state index is -0.244. The fourth-order valence-corrected chi connectivity index (χ4v) is 5.96. The number of thiazole rings is 1. The van der Waals surface area contributed by atoms with Crippen LogP contribution in [-0.2, 0) is 4.79 Å². The summed E-state index contributed by atoms with van der Waals surface area (Å²) in [5, 5.41) is 11.9. The Labute approximate surface area is 246 Å². The second-order valence-corrected chi connectivity index (χ2v) is 11.2. The lowest BCUT2D eigenvalue weighted by molar-refractivity contribution is -0.122. The quantitative estimate of drug-likeness (QED) is 0.204. The zero-order valence-corrected chi connectivity index (χ0v) is 24.0. The zero-order chi connectivity index (χ0) is 28.3. The number of anilines is 1. The minimum absolute atomic E-state index is 0.0280. The molecule has 0 bridgehead atoms. The van der Waals surface area contributed by atoms with E-state index in [0.717, 1.165) is 43.6 Å². The standard InChI is InChI=1S/C33H37N5O2S/c39-31(35-28-17-10-20-34-23-28)19-22-38(33(40)37-32-36-30(24-41-32)27-15-8-3-9-16-27)21-18-29(25-11-4-1-5-12-25)26-13-6-2-7-14-26/h1-9,11-16,24,28-29,34H,10,17-23H2,(H,35,39)(H,36,37,40). The maximum atomic E-state index is 13.6. The van der Waals surface area contributed by atoms with Crippen molar-refractivity contribution < 1.29 is 9.59 Å². The Morgan fingerprint density at radius 2 is 1.59 bits per heavy atom. The van der Waals surface area contributed by atoms with Crippen molar-refractivity contribution in [3.8, 4) is 11.3 Å². The number of rotatable bonds is 11. The van der Waals surface area contributed by atoms with Gasteiger partial charge in [-0.05, 0) is 36.9 Å². The van der Waals surface area contributed by atoms with Crippen LogP contribution in [0.2, 0.25) is 0 Å². The molecular formula is C33H37N5O2S. The van der Waals surface area contributed by atoms with Crippen LogP contribution < -0.4 is 16.0 Å². The van der Waals surface area contributed by atoms with Crippen molar-refractivity contribution in [2.75, 3.05) is 31.5 Å². The second kappa shape index (κ2) is 14.6. The number of amides is 3. The molecule has 1 atom stereocenters. The molecule has 1 saturated heterocycles. The summed E-state index contributed by atoms with van der Waals surface area (Å²) in [6.07, 6.45) is 3.01. The van der Waals surface area contributed by atoms with Crippen LogP contribution >= 0.6 is 11.3 Å². The third-order valence-corrected chi connectivity index (χ3v) is 8.19. The second-order valence-electron chi connectivity index (χ2n) is 10.3. The number of aromatic nitrogens is 1. The summed E-state index contributed by atoms with van der Waals surface area (Å²) in [4.78, 5) is 32.8. The molecule has 0 spiro atoms. The largest absolute Gasteiger partial charge is 0.352 e. The van der Waals surface area contributed by atoms with E-state index >= 15 is 0 Å². The monoisotopic (exact) mass is 567 g/mol. The van der Waals surface area contributed by atoms with Gasteiger partial charge in [0.15, 0.2) is 5.13 Å². The van der Waals surface area contributed by atoms with Gasteiger partial charge < -0.3 is 15.5 Å². The zero-order valence-electron chi connectivity index (χ0n) is 23.2. The number of hydrogen-bond donors (Lipinski definition) is 3. The molecule has 1 aliphatic heterocycles. The van der Waals surface area contributed by atoms with Crippen LogP contribution in [0.5, 0.6) is 0 Å². The van der Waals surface area contributed by atoms with Gasteiger partial charge in [-0.2, -0.15) is 0 Å². The molecule has 3 amide bonds. The van der Waals surface area contributed by atoms with E-state index in [1.165, 1.54) is 22.5 Å². The number of nitrogens with zero attached hydrogens (tertiary/aromatic N) is 2. The van der Waals surface area contributed by atoms with Crippen molar-refractivity contribution in [2.24, 2.45) is 0 Å². The molecule has 1 unspecified atom stereocenters. The van der Waals surface area contributed by atoms with Gasteiger partial charge in [0.2, 0.25) is 5.91 Å². The van der Waals surface area contributed by atoms with Crippen LogP contribution in [-0.4, -0.2) is 54.0 Å². The van der Waals surface area contributed by atoms with Gasteiger partial charge in [0, 0.05) is 49.0 Å². The number of benzene rings is 3. The molecule has 4 aromatic rings. The molecule has 3 aromatic carbocycles. The number of piperidine rings is 1. The van der Waals surface area contributed by atoms with Crippen molar-refractivity contribution in [2.45, 2.75) is 37.6 Å². The molecule has 1 fully saturated rings. The van der Waals surface area contributed by atoms with Gasteiger partial charge in [-0.1, -0.05) is 91.0 Å². The van der Waals surface area contributed by atoms with Gasteiger partial charge in [0.05, 0.1) is 5.69 Å². The van der Waals surface area contributed by atoms with E-state index in [4.69, 9.17) is 0 Å². The van der Waals surface area contributed by atoms with Crippen molar-refractivity contribution >= 4 is 28.4 Å². The first-order valence-corrected chi connectivity index (χ1v) is 15.2. The van der Waals surface area contributed by atoms with Gasteiger partial charge >= 0.3 is 6.03 Å². The molecule has 2 heterocycles. The van der Waals surface area contributed by atoms with Crippen LogP contribution in [0.1, 0.15) is 42.7 Å². The molecule has 41 heavy (non-hydrogen) atoms. The summed E-state index contributed by atoms with van der Waals surface area (Å²) in [5.74, 6) is 0.0965. The van der Waals surface area contributed by atoms with Gasteiger partial charge in [-0.25, -0.2) is 9.78 Å². The van der Waals surface area contributed by atoms with Crippen molar-refractivity contribution in [1.82, 2.24) is 20.5 Å². The van der Waals surface area contributed by atoms with E-state index in [1.807, 2.05) is 72.1 Å². The first kappa shape index (κ1) is 28.5. The average molecular weight is 568 g/mol. The Bertz CT molecular complexity index is 1340. The predicted octanol–water partition coefficient (Wildman–Crippen LogP) is 6.12. The lowest BCUT2D eigenvalue weighted by Gasteiger charge is -2.27. The van der Waals surface area contributed by atoms with Crippen LogP contribution in [0, 0.1) is 0 Å². The van der Waals surface area contributed by atoms with Crippen molar-refractivity contribution in [1.29, 1.82) is 0 Å². The van der Waals surface area contributed by atoms with Gasteiger partial charge in [-0.3, -0.25) is 10.1 Å². The molecule has 1 aromatic heterocycles. The van der Waals surface area contributed by atoms with E-state index in [1.54, 1.807) is 4.90 Å². The molecule has 0 radical (unpaired) electrons. The van der Waals surface area contributed by atoms with E-state index < -0.39 is 0 Å². The summed E-state index contributed by atoms with van der Waals surface area (Å²) in [7, 11) is 0. The van der Waals surface area contributed by atoms with E-state index in [9.17, 15) is 9.59 Å². The number of urea groups is 1. The minimum Gasteiger partial charge on any atom is -0.352 e. The highest BCUT2D eigenvalue weighted by Crippen LogP contribution is 2.29. The SMILES string of the molecule is O=C(CCN(CCC(c1ccccc1)c1ccccc1)C(=O)Nc1nc(-c2ccccc2)cs1)NC1CCCNC1. The van der Waals surface area contributed by atoms with Gasteiger partial charge in [-0.15, -0.1) is 11.3 Å². The first-order valence-electron chi connectivity index (χ1n) is 14.3. The maximum Gasteiger partial charge on any atom is 0.323 e. The Hall–Kier alpha value is -4.01. The highest BCUT2D eigenvalue weighted by molar-refractivity contribution is 7.14. The van der Waals surface area contributed by atoms with Crippen LogP contribution in [0.3, 0.4) is 0 Å². The molecule has 212 valence electrons. The first-order chi connectivity index (χ1) is 20.2. The topological polar surface area (TPSA) is 86.4 Å². The number of carbonyl (C=O) groups is 2. The summed E-state index contributed by atoms with van der Waals surface area (Å²) in [5.41, 5.74) is 4.23. The van der Waals surface area contributed by atoms with Crippen molar-refractivity contribution in [3.63, 3.8) is 0 Å². The Balaban J connectivity index is 1.29. The van der Waals surface area contributed by atoms with E-state index in [0.29, 0.717) is 18.2 Å². The summed E-state index contributed by atoms with van der Waals surface area (Å²) < 4.78 is 0. The van der Waals surface area contributed by atoms with Gasteiger partial charge in [0.1, 0.15) is 0 Å². The molecular weight excluding hydrogens is 530 g/mol. The Morgan fingerprint density at radius 3 is 2.22 bits per heavy atom. The molecule has 8 heteroatoms. The van der Waals surface area contributed by atoms with Crippen molar-refractivity contribution in [3.05, 3.63) is 108 Å². The van der Waals surface area contributed by atoms with Crippen LogP contribution in [0.4, 0.5) is 9.93 Å². The maximum absolute atomic E-state index is 13.6. The smallest absolute Gasteiger partial charge is 0.323 e. The molecule has 0 saturated carbocycles. The summed E-state index contributed by atoms with van der Waals surface area (Å²) in [6, 6.07) is 30.6. The predicted molar refractivity (Wildman–Crippen MR) is 166 cm³/mol. The fraction of sp³-hybridized carbons (Fsp3) is 0.303. The molecule has 5 rings (SSSR count). The molecule has 7 nitrogen and oxygen atoms in total.